The van der Waals surface area contributed by atoms with E-state index in [-0.39, 0.29) is 11.8 Å². The Bertz CT molecular complexity index is 294. The van der Waals surface area contributed by atoms with Crippen molar-refractivity contribution in [1.29, 1.82) is 0 Å². The van der Waals surface area contributed by atoms with Gasteiger partial charge in [-0.25, -0.2) is 0 Å². The largest absolute Gasteiger partial charge is 0.434 e. The van der Waals surface area contributed by atoms with Crippen LogP contribution in [0.3, 0.4) is 0 Å². The van der Waals surface area contributed by atoms with Gasteiger partial charge < -0.3 is 4.74 Å². The number of benzene rings is 1. The van der Waals surface area contributed by atoms with E-state index in [0.717, 1.165) is 0 Å². The highest BCUT2D eigenvalue weighted by Gasteiger charge is 2.12. The predicted octanol–water partition coefficient (Wildman–Crippen LogP) is 1.81. The van der Waals surface area contributed by atoms with Crippen molar-refractivity contribution in [1.82, 2.24) is 5.43 Å². The molecule has 3 N–H and O–H groups in total. The molecule has 0 radical (unpaired) electrons. The van der Waals surface area contributed by atoms with Crippen LogP contribution in [-0.4, -0.2) is 6.61 Å². The summed E-state index contributed by atoms with van der Waals surface area (Å²) < 4.78 is 28.3. The van der Waals surface area contributed by atoms with E-state index in [4.69, 9.17) is 5.84 Å². The van der Waals surface area contributed by atoms with Gasteiger partial charge in [0.15, 0.2) is 0 Å². The maximum absolute atomic E-state index is 12.0. The molecule has 3 nitrogen and oxygen atoms in total. The Morgan fingerprint density at radius 2 is 2.00 bits per heavy atom. The van der Waals surface area contributed by atoms with Gasteiger partial charge in [0.2, 0.25) is 0 Å². The van der Waals surface area contributed by atoms with Gasteiger partial charge in [-0.2, -0.15) is 8.78 Å². The second-order valence-electron chi connectivity index (χ2n) is 2.80. The molecule has 1 atom stereocenters. The van der Waals surface area contributed by atoms with Gasteiger partial charge in [0, 0.05) is 11.6 Å². The number of rotatable bonds is 4. The molecular weight excluding hydrogens is 190 g/mol. The molecule has 0 saturated carbocycles. The van der Waals surface area contributed by atoms with Crippen molar-refractivity contribution < 1.29 is 13.5 Å². The van der Waals surface area contributed by atoms with Crippen molar-refractivity contribution in [2.75, 3.05) is 0 Å². The summed E-state index contributed by atoms with van der Waals surface area (Å²) in [6.07, 6.45) is 0. The molecule has 0 spiro atoms. The number of halogens is 2. The van der Waals surface area contributed by atoms with Gasteiger partial charge in [-0.1, -0.05) is 18.2 Å². The molecule has 5 heteroatoms. The lowest BCUT2D eigenvalue weighted by molar-refractivity contribution is -0.0506. The maximum Gasteiger partial charge on any atom is 0.387 e. The van der Waals surface area contributed by atoms with Gasteiger partial charge in [-0.3, -0.25) is 11.3 Å². The molecule has 0 aromatic heterocycles. The van der Waals surface area contributed by atoms with Gasteiger partial charge in [-0.15, -0.1) is 0 Å². The first-order chi connectivity index (χ1) is 6.65. The Morgan fingerprint density at radius 3 is 2.57 bits per heavy atom. The van der Waals surface area contributed by atoms with Crippen molar-refractivity contribution in [3.05, 3.63) is 29.8 Å². The number of hydrogen-bond acceptors (Lipinski definition) is 3. The van der Waals surface area contributed by atoms with Crippen molar-refractivity contribution >= 4 is 0 Å². The molecule has 1 aromatic carbocycles. The zero-order valence-electron chi connectivity index (χ0n) is 7.71. The fourth-order valence-electron chi connectivity index (χ4n) is 1.13. The van der Waals surface area contributed by atoms with Crippen LogP contribution in [0.5, 0.6) is 5.75 Å². The number of ether oxygens (including phenoxy) is 1. The van der Waals surface area contributed by atoms with Crippen molar-refractivity contribution in [3.8, 4) is 5.75 Å². The van der Waals surface area contributed by atoms with E-state index in [0.29, 0.717) is 5.56 Å². The fraction of sp³-hybridized carbons (Fsp3) is 0.333. The van der Waals surface area contributed by atoms with Gasteiger partial charge in [0.05, 0.1) is 0 Å². The molecule has 0 saturated heterocycles. The molecule has 0 fully saturated rings. The SMILES string of the molecule is C[C@H](NN)c1ccccc1OC(F)F. The summed E-state index contributed by atoms with van der Waals surface area (Å²) in [5.74, 6) is 5.36. The standard InChI is InChI=1S/C9H12F2N2O/c1-6(13-12)7-4-2-3-5-8(7)14-9(10)11/h2-6,9,13H,12H2,1H3/t6-/m0/s1. The molecule has 1 aromatic rings. The number of hydrogen-bond donors (Lipinski definition) is 2. The molecule has 14 heavy (non-hydrogen) atoms. The van der Waals surface area contributed by atoms with E-state index >= 15 is 0 Å². The Balaban J connectivity index is 2.91. The highest BCUT2D eigenvalue weighted by atomic mass is 19.3. The number of alkyl halides is 2. The minimum atomic E-state index is -2.82. The highest BCUT2D eigenvalue weighted by Crippen LogP contribution is 2.25. The summed E-state index contributed by atoms with van der Waals surface area (Å²) in [5.41, 5.74) is 3.08. The molecule has 0 bridgehead atoms. The highest BCUT2D eigenvalue weighted by molar-refractivity contribution is 5.35. The molecule has 0 amide bonds. The second kappa shape index (κ2) is 4.88. The molecule has 0 aliphatic carbocycles. The van der Waals surface area contributed by atoms with Crippen LogP contribution >= 0.6 is 0 Å². The van der Waals surface area contributed by atoms with E-state index < -0.39 is 6.61 Å². The summed E-state index contributed by atoms with van der Waals surface area (Å²) in [5, 5.41) is 0. The van der Waals surface area contributed by atoms with Gasteiger partial charge >= 0.3 is 6.61 Å². The van der Waals surface area contributed by atoms with Crippen LogP contribution in [-0.2, 0) is 0 Å². The van der Waals surface area contributed by atoms with E-state index in [2.05, 4.69) is 10.2 Å². The monoisotopic (exact) mass is 202 g/mol. The van der Waals surface area contributed by atoms with E-state index in [1.807, 2.05) is 0 Å². The van der Waals surface area contributed by atoms with Crippen LogP contribution in [0.4, 0.5) is 8.78 Å². The van der Waals surface area contributed by atoms with E-state index in [9.17, 15) is 8.78 Å². The summed E-state index contributed by atoms with van der Waals surface area (Å²) >= 11 is 0. The topological polar surface area (TPSA) is 47.3 Å². The molecule has 0 aliphatic rings. The third-order valence-corrected chi connectivity index (χ3v) is 1.85. The first kappa shape index (κ1) is 10.9. The lowest BCUT2D eigenvalue weighted by Crippen LogP contribution is -2.26. The van der Waals surface area contributed by atoms with Crippen LogP contribution in [0.15, 0.2) is 24.3 Å². The third kappa shape index (κ3) is 2.65. The Labute approximate surface area is 80.8 Å². The summed E-state index contributed by atoms with van der Waals surface area (Å²) in [6.45, 7) is -1.06. The normalized spacial score (nSPS) is 12.9. The maximum atomic E-state index is 12.0. The fourth-order valence-corrected chi connectivity index (χ4v) is 1.13. The lowest BCUT2D eigenvalue weighted by atomic mass is 10.1. The number of nitrogens with two attached hydrogens (primary N) is 1. The van der Waals surface area contributed by atoms with Crippen LogP contribution in [0.1, 0.15) is 18.5 Å². The minimum absolute atomic E-state index is 0.146. The first-order valence-electron chi connectivity index (χ1n) is 4.15. The van der Waals surface area contributed by atoms with Crippen LogP contribution in [0.25, 0.3) is 0 Å². The smallest absolute Gasteiger partial charge is 0.387 e. The van der Waals surface area contributed by atoms with E-state index in [1.165, 1.54) is 6.07 Å². The molecule has 78 valence electrons. The van der Waals surface area contributed by atoms with Crippen molar-refractivity contribution in [3.63, 3.8) is 0 Å². The number of nitrogens with one attached hydrogen (secondary N) is 1. The van der Waals surface area contributed by atoms with Crippen LogP contribution in [0, 0.1) is 0 Å². The lowest BCUT2D eigenvalue weighted by Gasteiger charge is -2.15. The summed E-state index contributed by atoms with van der Waals surface area (Å²) in [4.78, 5) is 0. The average molecular weight is 202 g/mol. The average Bonchev–Trinajstić information content (AvgIpc) is 2.16. The number of hydrazine groups is 1. The predicted molar refractivity (Wildman–Crippen MR) is 48.8 cm³/mol. The molecule has 1 rings (SSSR count). The van der Waals surface area contributed by atoms with Gasteiger partial charge in [0.25, 0.3) is 0 Å². The van der Waals surface area contributed by atoms with Crippen LogP contribution < -0.4 is 16.0 Å². The minimum Gasteiger partial charge on any atom is -0.434 e. The summed E-state index contributed by atoms with van der Waals surface area (Å²) in [6, 6.07) is 6.30. The molecule has 0 heterocycles. The van der Waals surface area contributed by atoms with Crippen molar-refractivity contribution in [2.24, 2.45) is 5.84 Å². The van der Waals surface area contributed by atoms with Crippen molar-refractivity contribution in [2.45, 2.75) is 19.6 Å². The Hall–Kier alpha value is -1.20. The molecular formula is C9H12F2N2O. The summed E-state index contributed by atoms with van der Waals surface area (Å²) in [7, 11) is 0. The Morgan fingerprint density at radius 1 is 1.36 bits per heavy atom. The first-order valence-corrected chi connectivity index (χ1v) is 4.15. The van der Waals surface area contributed by atoms with E-state index in [1.54, 1.807) is 25.1 Å². The molecule has 0 aliphatic heterocycles. The zero-order chi connectivity index (χ0) is 10.6. The number of para-hydroxylation sites is 1. The second-order valence-corrected chi connectivity index (χ2v) is 2.80. The van der Waals surface area contributed by atoms with Gasteiger partial charge in [-0.05, 0) is 13.0 Å². The quantitative estimate of drug-likeness (QED) is 0.578. The van der Waals surface area contributed by atoms with Gasteiger partial charge in [0.1, 0.15) is 5.75 Å². The van der Waals surface area contributed by atoms with Crippen LogP contribution in [0.2, 0.25) is 0 Å². The Kier molecular flexibility index (Phi) is 3.79. The zero-order valence-corrected chi connectivity index (χ0v) is 7.71. The third-order valence-electron chi connectivity index (χ3n) is 1.85. The molecule has 0 unspecified atom stereocenters.